The number of fused-ring (bicyclic) bond motifs is 1. The number of carbonyl (C=O) groups excluding carboxylic acids is 1. The van der Waals surface area contributed by atoms with E-state index in [9.17, 15) is 4.79 Å². The van der Waals surface area contributed by atoms with Gasteiger partial charge in [0, 0.05) is 29.2 Å². The van der Waals surface area contributed by atoms with Gasteiger partial charge in [0.2, 0.25) is 0 Å². The molecule has 3 aromatic rings. The highest BCUT2D eigenvalue weighted by Gasteiger charge is 2.20. The number of H-pyrrole nitrogens is 1. The van der Waals surface area contributed by atoms with Gasteiger partial charge in [0.1, 0.15) is 5.75 Å². The molecule has 27 heavy (non-hydrogen) atoms. The van der Waals surface area contributed by atoms with E-state index in [0.717, 1.165) is 24.0 Å². The minimum absolute atomic E-state index is 0.118. The Bertz CT molecular complexity index is 963. The summed E-state index contributed by atoms with van der Waals surface area (Å²) in [4.78, 5) is 18.5. The third-order valence-corrected chi connectivity index (χ3v) is 5.40. The second-order valence-corrected chi connectivity index (χ2v) is 7.26. The molecule has 2 aromatic carbocycles. The van der Waals surface area contributed by atoms with Crippen molar-refractivity contribution in [2.45, 2.75) is 18.8 Å². The van der Waals surface area contributed by atoms with E-state index < -0.39 is 0 Å². The maximum atomic E-state index is 13.0. The fourth-order valence-electron chi connectivity index (χ4n) is 3.97. The van der Waals surface area contributed by atoms with Gasteiger partial charge in [0.15, 0.2) is 0 Å². The van der Waals surface area contributed by atoms with Crippen molar-refractivity contribution in [1.82, 2.24) is 9.88 Å². The number of rotatable bonds is 4. The average Bonchev–Trinajstić information content (AvgIpc) is 3.17. The third kappa shape index (κ3) is 3.55. The fourth-order valence-corrected chi connectivity index (χ4v) is 3.97. The Morgan fingerprint density at radius 3 is 2.96 bits per heavy atom. The number of nitrogens with one attached hydrogen (secondary N) is 2. The molecule has 0 radical (unpaired) electrons. The Labute approximate surface area is 159 Å². The lowest BCUT2D eigenvalue weighted by Gasteiger charge is -2.30. The lowest BCUT2D eigenvalue weighted by molar-refractivity contribution is 0.102. The topological polar surface area (TPSA) is 57.4 Å². The van der Waals surface area contributed by atoms with E-state index in [1.54, 1.807) is 7.11 Å². The molecule has 4 rings (SSSR count). The highest BCUT2D eigenvalue weighted by Crippen LogP contribution is 2.33. The molecule has 140 valence electrons. The number of carbonyl (C=O) groups is 1. The smallest absolute Gasteiger partial charge is 0.255 e. The van der Waals surface area contributed by atoms with Crippen LogP contribution in [-0.4, -0.2) is 43.0 Å². The first-order valence-corrected chi connectivity index (χ1v) is 9.39. The molecule has 1 unspecified atom stereocenters. The van der Waals surface area contributed by atoms with E-state index in [2.05, 4.69) is 28.3 Å². The summed E-state index contributed by atoms with van der Waals surface area (Å²) >= 11 is 0. The van der Waals surface area contributed by atoms with E-state index in [4.69, 9.17) is 4.74 Å². The number of likely N-dealkylation sites (N-methyl/N-ethyl adjacent to an activating group) is 1. The molecule has 0 saturated carbocycles. The zero-order valence-corrected chi connectivity index (χ0v) is 15.8. The van der Waals surface area contributed by atoms with Gasteiger partial charge in [-0.3, -0.25) is 4.79 Å². The van der Waals surface area contributed by atoms with Crippen molar-refractivity contribution in [1.29, 1.82) is 0 Å². The second kappa shape index (κ2) is 7.45. The van der Waals surface area contributed by atoms with E-state index in [0.29, 0.717) is 22.9 Å². The van der Waals surface area contributed by atoms with Crippen LogP contribution in [0.2, 0.25) is 0 Å². The molecular weight excluding hydrogens is 338 g/mol. The number of aromatic nitrogens is 1. The monoisotopic (exact) mass is 363 g/mol. The fraction of sp³-hybridized carbons (Fsp3) is 0.318. The number of amides is 1. The van der Waals surface area contributed by atoms with E-state index in [1.807, 2.05) is 42.6 Å². The van der Waals surface area contributed by atoms with Crippen LogP contribution in [0.15, 0.2) is 48.7 Å². The lowest BCUT2D eigenvalue weighted by atomic mass is 9.90. The summed E-state index contributed by atoms with van der Waals surface area (Å²) in [5.41, 5.74) is 3.57. The summed E-state index contributed by atoms with van der Waals surface area (Å²) < 4.78 is 5.46. The Kier molecular flexibility index (Phi) is 4.86. The maximum Gasteiger partial charge on any atom is 0.255 e. The molecule has 1 fully saturated rings. The van der Waals surface area contributed by atoms with Crippen molar-refractivity contribution in [3.8, 4) is 5.75 Å². The van der Waals surface area contributed by atoms with Gasteiger partial charge in [0.05, 0.1) is 12.8 Å². The Morgan fingerprint density at radius 1 is 1.26 bits per heavy atom. The van der Waals surface area contributed by atoms with Gasteiger partial charge >= 0.3 is 0 Å². The van der Waals surface area contributed by atoms with Crippen molar-refractivity contribution in [3.63, 3.8) is 0 Å². The van der Waals surface area contributed by atoms with Crippen molar-refractivity contribution in [2.75, 3.05) is 32.6 Å². The minimum Gasteiger partial charge on any atom is -0.495 e. The van der Waals surface area contributed by atoms with Gasteiger partial charge in [-0.2, -0.15) is 0 Å². The normalized spacial score (nSPS) is 17.8. The minimum atomic E-state index is -0.118. The van der Waals surface area contributed by atoms with Crippen LogP contribution < -0.4 is 10.1 Å². The molecule has 2 N–H and O–H groups in total. The first kappa shape index (κ1) is 17.6. The van der Waals surface area contributed by atoms with Crippen LogP contribution in [0.25, 0.3) is 10.9 Å². The third-order valence-electron chi connectivity index (χ3n) is 5.40. The summed E-state index contributed by atoms with van der Waals surface area (Å²) in [5.74, 6) is 1.02. The molecule has 1 aliphatic heterocycles. The van der Waals surface area contributed by atoms with Crippen LogP contribution in [0.1, 0.15) is 34.7 Å². The van der Waals surface area contributed by atoms with E-state index >= 15 is 0 Å². The molecule has 1 saturated heterocycles. The standard InChI is InChI=1S/C22H25N3O2/c1-25-12-4-7-17(14-25)15-5-3-6-16(13-15)22(26)24-21-18-10-11-23-19(18)8-9-20(21)27-2/h3,5-6,8-11,13,17,23H,4,7,12,14H2,1-2H3,(H,24,26). The van der Waals surface area contributed by atoms with Crippen LogP contribution in [-0.2, 0) is 0 Å². The van der Waals surface area contributed by atoms with Crippen LogP contribution in [0.5, 0.6) is 5.75 Å². The number of hydrogen-bond donors (Lipinski definition) is 2. The molecule has 0 bridgehead atoms. The van der Waals surface area contributed by atoms with Crippen LogP contribution in [0, 0.1) is 0 Å². The molecule has 1 atom stereocenters. The van der Waals surface area contributed by atoms with Crippen molar-refractivity contribution in [3.05, 3.63) is 59.8 Å². The number of benzene rings is 2. The molecule has 5 nitrogen and oxygen atoms in total. The summed E-state index contributed by atoms with van der Waals surface area (Å²) in [7, 11) is 3.77. The number of aromatic amines is 1. The average molecular weight is 363 g/mol. The van der Waals surface area contributed by atoms with Gasteiger partial charge in [-0.25, -0.2) is 0 Å². The van der Waals surface area contributed by atoms with Crippen LogP contribution in [0.4, 0.5) is 5.69 Å². The van der Waals surface area contributed by atoms with E-state index in [1.165, 1.54) is 18.4 Å². The molecular formula is C22H25N3O2. The molecule has 0 spiro atoms. The van der Waals surface area contributed by atoms with Crippen LogP contribution >= 0.6 is 0 Å². The quantitative estimate of drug-likeness (QED) is 0.729. The lowest BCUT2D eigenvalue weighted by Crippen LogP contribution is -2.30. The molecule has 1 aromatic heterocycles. The van der Waals surface area contributed by atoms with Crippen molar-refractivity contribution < 1.29 is 9.53 Å². The summed E-state index contributed by atoms with van der Waals surface area (Å²) in [5, 5.41) is 3.99. The largest absolute Gasteiger partial charge is 0.495 e. The molecule has 2 heterocycles. The van der Waals surface area contributed by atoms with Crippen molar-refractivity contribution in [2.24, 2.45) is 0 Å². The maximum absolute atomic E-state index is 13.0. The first-order chi connectivity index (χ1) is 13.2. The predicted octanol–water partition coefficient (Wildman–Crippen LogP) is 4.24. The van der Waals surface area contributed by atoms with Gasteiger partial charge in [0.25, 0.3) is 5.91 Å². The number of likely N-dealkylation sites (tertiary alicyclic amines) is 1. The van der Waals surface area contributed by atoms with Gasteiger partial charge in [-0.05, 0) is 68.2 Å². The second-order valence-electron chi connectivity index (χ2n) is 7.26. The molecule has 0 aliphatic carbocycles. The number of piperidine rings is 1. The molecule has 1 aliphatic rings. The number of nitrogens with zero attached hydrogens (tertiary/aromatic N) is 1. The Balaban J connectivity index is 1.61. The molecule has 5 heteroatoms. The summed E-state index contributed by atoms with van der Waals surface area (Å²) in [6.07, 6.45) is 4.23. The summed E-state index contributed by atoms with van der Waals surface area (Å²) in [6, 6.07) is 13.8. The number of ether oxygens (including phenoxy) is 1. The Hall–Kier alpha value is -2.79. The summed E-state index contributed by atoms with van der Waals surface area (Å²) in [6.45, 7) is 2.19. The van der Waals surface area contributed by atoms with Gasteiger partial charge in [-0.15, -0.1) is 0 Å². The first-order valence-electron chi connectivity index (χ1n) is 9.39. The number of methoxy groups -OCH3 is 1. The predicted molar refractivity (Wildman–Crippen MR) is 109 cm³/mol. The van der Waals surface area contributed by atoms with E-state index in [-0.39, 0.29) is 5.91 Å². The highest BCUT2D eigenvalue weighted by molar-refractivity contribution is 6.10. The van der Waals surface area contributed by atoms with Crippen molar-refractivity contribution >= 4 is 22.5 Å². The van der Waals surface area contributed by atoms with Crippen LogP contribution in [0.3, 0.4) is 0 Å². The zero-order valence-electron chi connectivity index (χ0n) is 15.8. The number of anilines is 1. The van der Waals surface area contributed by atoms with Gasteiger partial charge < -0.3 is 19.9 Å². The SMILES string of the molecule is COc1ccc2[nH]ccc2c1NC(=O)c1cccc(C2CCCN(C)C2)c1. The molecule has 1 amide bonds. The Morgan fingerprint density at radius 2 is 2.15 bits per heavy atom. The number of hydrogen-bond acceptors (Lipinski definition) is 3. The highest BCUT2D eigenvalue weighted by atomic mass is 16.5. The zero-order chi connectivity index (χ0) is 18.8. The van der Waals surface area contributed by atoms with Gasteiger partial charge in [-0.1, -0.05) is 12.1 Å².